The van der Waals surface area contributed by atoms with Crippen LogP contribution in [0.15, 0.2) is 97.1 Å². The largest absolute Gasteiger partial charge is 0.322 e. The van der Waals surface area contributed by atoms with Crippen molar-refractivity contribution in [3.8, 4) is 22.4 Å². The number of hydrogen-bond donors (Lipinski definition) is 1. The van der Waals surface area contributed by atoms with Gasteiger partial charge >= 0.3 is 0 Å². The van der Waals surface area contributed by atoms with Crippen LogP contribution >= 0.6 is 11.6 Å². The normalized spacial score (nSPS) is 10.8. The maximum atomic E-state index is 13.1. The van der Waals surface area contributed by atoms with Crippen molar-refractivity contribution >= 4 is 39.8 Å². The molecule has 1 aromatic heterocycles. The molecule has 0 spiro atoms. The first kappa shape index (κ1) is 23.2. The van der Waals surface area contributed by atoms with Gasteiger partial charge in [0.2, 0.25) is 0 Å². The van der Waals surface area contributed by atoms with Crippen molar-refractivity contribution in [2.24, 2.45) is 0 Å². The number of fused-ring (bicyclic) bond motifs is 1. The van der Waals surface area contributed by atoms with Crippen molar-refractivity contribution in [3.63, 3.8) is 0 Å². The van der Waals surface area contributed by atoms with E-state index in [4.69, 9.17) is 16.6 Å². The van der Waals surface area contributed by atoms with Crippen LogP contribution in [-0.2, 0) is 0 Å². The number of carbonyl (C=O) groups excluding carboxylic acids is 1. The molecule has 176 valence electrons. The van der Waals surface area contributed by atoms with Crippen LogP contribution in [0, 0.1) is 17.0 Å². The first-order valence-corrected chi connectivity index (χ1v) is 11.6. The van der Waals surface area contributed by atoms with E-state index in [0.29, 0.717) is 27.5 Å². The molecule has 1 N–H and O–H groups in total. The molecule has 0 atom stereocenters. The molecule has 6 nitrogen and oxygen atoms in total. The van der Waals surface area contributed by atoms with Gasteiger partial charge in [-0.2, -0.15) is 0 Å². The van der Waals surface area contributed by atoms with Gasteiger partial charge in [-0.25, -0.2) is 4.98 Å². The number of non-ortho nitro benzene ring substituents is 1. The Balaban J connectivity index is 1.60. The lowest BCUT2D eigenvalue weighted by atomic mass is 9.97. The Labute approximate surface area is 212 Å². The van der Waals surface area contributed by atoms with Crippen molar-refractivity contribution < 1.29 is 9.72 Å². The summed E-state index contributed by atoms with van der Waals surface area (Å²) in [5.41, 5.74) is 5.99. The highest BCUT2D eigenvalue weighted by atomic mass is 35.5. The summed E-state index contributed by atoms with van der Waals surface area (Å²) in [6.45, 7) is 1.86. The average Bonchev–Trinajstić information content (AvgIpc) is 2.91. The summed E-state index contributed by atoms with van der Waals surface area (Å²) in [5.74, 6) is -0.249. The molecule has 0 saturated heterocycles. The maximum absolute atomic E-state index is 13.1. The number of halogens is 1. The van der Waals surface area contributed by atoms with Crippen LogP contribution in [0.4, 0.5) is 11.4 Å². The van der Waals surface area contributed by atoms with Gasteiger partial charge < -0.3 is 5.32 Å². The van der Waals surface area contributed by atoms with Crippen LogP contribution in [0.25, 0.3) is 33.3 Å². The summed E-state index contributed by atoms with van der Waals surface area (Å²) in [6.07, 6.45) is 0. The van der Waals surface area contributed by atoms with Gasteiger partial charge in [0.25, 0.3) is 11.6 Å². The number of hydrogen-bond acceptors (Lipinski definition) is 4. The predicted molar refractivity (Wildman–Crippen MR) is 143 cm³/mol. The second-order valence-electron chi connectivity index (χ2n) is 8.32. The highest BCUT2D eigenvalue weighted by molar-refractivity contribution is 6.31. The molecule has 0 radical (unpaired) electrons. The molecule has 5 aromatic rings. The Morgan fingerprint density at radius 1 is 0.889 bits per heavy atom. The van der Waals surface area contributed by atoms with Gasteiger partial charge in [-0.3, -0.25) is 14.9 Å². The number of carbonyl (C=O) groups is 1. The number of nitrogens with one attached hydrogen (secondary N) is 1. The van der Waals surface area contributed by atoms with E-state index in [1.165, 1.54) is 12.1 Å². The summed E-state index contributed by atoms with van der Waals surface area (Å²) in [5, 5.41) is 15.4. The topological polar surface area (TPSA) is 85.1 Å². The van der Waals surface area contributed by atoms with Crippen molar-refractivity contribution in [3.05, 3.63) is 123 Å². The maximum Gasteiger partial charge on any atom is 0.269 e. The lowest BCUT2D eigenvalue weighted by molar-refractivity contribution is -0.384. The van der Waals surface area contributed by atoms with E-state index in [1.807, 2.05) is 61.5 Å². The van der Waals surface area contributed by atoms with Crippen LogP contribution in [0.2, 0.25) is 5.02 Å². The van der Waals surface area contributed by atoms with Gasteiger partial charge in [0, 0.05) is 39.4 Å². The molecular weight excluding hydrogens is 474 g/mol. The Morgan fingerprint density at radius 2 is 1.64 bits per heavy atom. The number of benzene rings is 4. The van der Waals surface area contributed by atoms with Gasteiger partial charge in [0.15, 0.2) is 0 Å². The third kappa shape index (κ3) is 4.54. The molecule has 0 aliphatic carbocycles. The lowest BCUT2D eigenvalue weighted by Gasteiger charge is -2.13. The molecule has 1 amide bonds. The zero-order valence-electron chi connectivity index (χ0n) is 19.2. The minimum atomic E-state index is -0.426. The van der Waals surface area contributed by atoms with Crippen molar-refractivity contribution in [2.45, 2.75) is 6.92 Å². The second-order valence-corrected chi connectivity index (χ2v) is 8.73. The summed E-state index contributed by atoms with van der Waals surface area (Å²) in [6, 6.07) is 28.9. The highest BCUT2D eigenvalue weighted by Crippen LogP contribution is 2.33. The minimum Gasteiger partial charge on any atom is -0.322 e. The molecule has 0 aliphatic rings. The summed E-state index contributed by atoms with van der Waals surface area (Å²) >= 11 is 6.21. The van der Waals surface area contributed by atoms with E-state index >= 15 is 0 Å². The van der Waals surface area contributed by atoms with Crippen LogP contribution in [0.1, 0.15) is 15.9 Å². The number of aromatic nitrogens is 1. The Bertz CT molecular complexity index is 1620. The zero-order valence-corrected chi connectivity index (χ0v) is 20.0. The number of nitrogens with zero attached hydrogens (tertiary/aromatic N) is 2. The van der Waals surface area contributed by atoms with Crippen molar-refractivity contribution in [2.75, 3.05) is 5.32 Å². The quantitative estimate of drug-likeness (QED) is 0.201. The zero-order chi connectivity index (χ0) is 25.2. The lowest BCUT2D eigenvalue weighted by Crippen LogP contribution is -2.13. The smallest absolute Gasteiger partial charge is 0.269 e. The summed E-state index contributed by atoms with van der Waals surface area (Å²) in [7, 11) is 0. The highest BCUT2D eigenvalue weighted by Gasteiger charge is 2.15. The molecule has 1 heterocycles. The van der Waals surface area contributed by atoms with Crippen LogP contribution in [-0.4, -0.2) is 15.8 Å². The third-order valence-electron chi connectivity index (χ3n) is 6.05. The fraction of sp³-hybridized carbons (Fsp3) is 0.0345. The van der Waals surface area contributed by atoms with Crippen LogP contribution in [0.5, 0.6) is 0 Å². The number of rotatable bonds is 5. The van der Waals surface area contributed by atoms with E-state index in [9.17, 15) is 14.9 Å². The molecule has 0 bridgehead atoms. The third-order valence-corrected chi connectivity index (χ3v) is 6.45. The number of nitro groups is 1. The molecule has 7 heteroatoms. The first-order valence-electron chi connectivity index (χ1n) is 11.2. The standard InChI is InChI=1S/C29H20ClN3O3/c1-18-25(30)8-5-9-26(18)32-29(34)21-12-15-27-24(16-21)23(19-6-3-2-4-7-19)17-28(31-27)20-10-13-22(14-11-20)33(35)36/h2-17H,1H3,(H,32,34). The molecule has 4 aromatic carbocycles. The van der Waals surface area contributed by atoms with E-state index < -0.39 is 4.92 Å². The fourth-order valence-electron chi connectivity index (χ4n) is 4.06. The monoisotopic (exact) mass is 493 g/mol. The molecule has 5 rings (SSSR count). The average molecular weight is 494 g/mol. The summed E-state index contributed by atoms with van der Waals surface area (Å²) < 4.78 is 0. The van der Waals surface area contributed by atoms with Gasteiger partial charge in [0.1, 0.15) is 0 Å². The van der Waals surface area contributed by atoms with Crippen molar-refractivity contribution in [1.82, 2.24) is 4.98 Å². The molecule has 0 aliphatic heterocycles. The molecule has 36 heavy (non-hydrogen) atoms. The molecule has 0 saturated carbocycles. The predicted octanol–water partition coefficient (Wildman–Crippen LogP) is 7.69. The first-order chi connectivity index (χ1) is 17.4. The number of amides is 1. The Morgan fingerprint density at radius 3 is 2.36 bits per heavy atom. The van der Waals surface area contributed by atoms with Crippen molar-refractivity contribution in [1.29, 1.82) is 0 Å². The van der Waals surface area contributed by atoms with E-state index in [1.54, 1.807) is 30.3 Å². The van der Waals surface area contributed by atoms with Crippen LogP contribution < -0.4 is 5.32 Å². The van der Waals surface area contributed by atoms with E-state index in [2.05, 4.69) is 5.32 Å². The van der Waals surface area contributed by atoms with Gasteiger partial charge in [-0.05, 0) is 72.1 Å². The van der Waals surface area contributed by atoms with Gasteiger partial charge in [-0.15, -0.1) is 0 Å². The fourth-order valence-corrected chi connectivity index (χ4v) is 4.24. The van der Waals surface area contributed by atoms with Gasteiger partial charge in [0.05, 0.1) is 16.1 Å². The number of nitro benzene ring substituents is 1. The van der Waals surface area contributed by atoms with Gasteiger partial charge in [-0.1, -0.05) is 48.0 Å². The summed E-state index contributed by atoms with van der Waals surface area (Å²) in [4.78, 5) is 28.5. The molecule has 0 fully saturated rings. The second kappa shape index (κ2) is 9.60. The Kier molecular flexibility index (Phi) is 6.19. The van der Waals surface area contributed by atoms with E-state index in [-0.39, 0.29) is 11.6 Å². The van der Waals surface area contributed by atoms with E-state index in [0.717, 1.165) is 27.6 Å². The Hall–Kier alpha value is -4.55. The number of anilines is 1. The molecule has 0 unspecified atom stereocenters. The molecular formula is C29H20ClN3O3. The number of pyridine rings is 1. The SMILES string of the molecule is Cc1c(Cl)cccc1NC(=O)c1ccc2nc(-c3ccc([N+](=O)[O-])cc3)cc(-c3ccccc3)c2c1. The van der Waals surface area contributed by atoms with Crippen LogP contribution in [0.3, 0.4) is 0 Å². The minimum absolute atomic E-state index is 0.0217.